The summed E-state index contributed by atoms with van der Waals surface area (Å²) in [7, 11) is -3.64. The van der Waals surface area contributed by atoms with Crippen molar-refractivity contribution in [2.24, 2.45) is 5.14 Å². The van der Waals surface area contributed by atoms with E-state index in [-0.39, 0.29) is 11.9 Å². The summed E-state index contributed by atoms with van der Waals surface area (Å²) in [6, 6.07) is 8.91. The molecule has 1 unspecified atom stereocenters. The van der Waals surface area contributed by atoms with Gasteiger partial charge in [-0.05, 0) is 19.1 Å². The molecule has 0 radical (unpaired) electrons. The number of anilines is 1. The summed E-state index contributed by atoms with van der Waals surface area (Å²) in [5, 5.41) is 7.94. The SMILES string of the molecule is CC(C(=O)Nc1ccccc1)N1CCN(S(N)(=O)=O)CC1. The molecule has 0 spiro atoms. The zero-order chi connectivity index (χ0) is 15.5. The Kier molecular flexibility index (Phi) is 4.94. The van der Waals surface area contributed by atoms with Gasteiger partial charge in [0.25, 0.3) is 10.2 Å². The normalized spacial score (nSPS) is 19.1. The van der Waals surface area contributed by atoms with E-state index in [1.54, 1.807) is 0 Å². The Bertz CT molecular complexity index is 583. The zero-order valence-corrected chi connectivity index (χ0v) is 12.7. The van der Waals surface area contributed by atoms with E-state index in [1.807, 2.05) is 42.2 Å². The number of hydrogen-bond acceptors (Lipinski definition) is 4. The van der Waals surface area contributed by atoms with Crippen LogP contribution in [0.5, 0.6) is 0 Å². The Balaban J connectivity index is 1.90. The minimum absolute atomic E-state index is 0.106. The van der Waals surface area contributed by atoms with Crippen molar-refractivity contribution in [3.05, 3.63) is 30.3 Å². The number of hydrogen-bond donors (Lipinski definition) is 2. The molecule has 0 saturated carbocycles. The first-order chi connectivity index (χ1) is 9.88. The van der Waals surface area contributed by atoms with Gasteiger partial charge < -0.3 is 5.32 Å². The van der Waals surface area contributed by atoms with Gasteiger partial charge in [0.15, 0.2) is 0 Å². The van der Waals surface area contributed by atoms with Crippen LogP contribution in [0.2, 0.25) is 0 Å². The quantitative estimate of drug-likeness (QED) is 0.807. The van der Waals surface area contributed by atoms with Crippen molar-refractivity contribution in [2.45, 2.75) is 13.0 Å². The Hall–Kier alpha value is -1.48. The zero-order valence-electron chi connectivity index (χ0n) is 11.9. The highest BCUT2D eigenvalue weighted by Gasteiger charge is 2.29. The first kappa shape index (κ1) is 15.9. The maximum absolute atomic E-state index is 12.2. The van der Waals surface area contributed by atoms with Crippen LogP contribution in [0.25, 0.3) is 0 Å². The molecule has 1 aliphatic heterocycles. The smallest absolute Gasteiger partial charge is 0.276 e. The fourth-order valence-corrected chi connectivity index (χ4v) is 2.95. The first-order valence-electron chi connectivity index (χ1n) is 6.76. The van der Waals surface area contributed by atoms with E-state index in [2.05, 4.69) is 5.32 Å². The molecule has 0 bridgehead atoms. The van der Waals surface area contributed by atoms with Crippen molar-refractivity contribution in [3.8, 4) is 0 Å². The lowest BCUT2D eigenvalue weighted by Crippen LogP contribution is -2.55. The van der Waals surface area contributed by atoms with Gasteiger partial charge in [0.05, 0.1) is 6.04 Å². The average Bonchev–Trinajstić information content (AvgIpc) is 2.46. The van der Waals surface area contributed by atoms with Crippen molar-refractivity contribution in [2.75, 3.05) is 31.5 Å². The fourth-order valence-electron chi connectivity index (χ4n) is 2.28. The average molecular weight is 312 g/mol. The summed E-state index contributed by atoms with van der Waals surface area (Å²) < 4.78 is 23.7. The van der Waals surface area contributed by atoms with Crippen molar-refractivity contribution in [3.63, 3.8) is 0 Å². The van der Waals surface area contributed by atoms with Crippen molar-refractivity contribution in [1.29, 1.82) is 0 Å². The molecule has 1 aliphatic rings. The minimum atomic E-state index is -3.64. The Morgan fingerprint density at radius 3 is 2.29 bits per heavy atom. The molecule has 1 amide bonds. The molecule has 116 valence electrons. The maximum Gasteiger partial charge on any atom is 0.276 e. The standard InChI is InChI=1S/C13H20N4O3S/c1-11(13(18)15-12-5-3-2-4-6-12)16-7-9-17(10-8-16)21(14,19)20/h2-6,11H,7-10H2,1H3,(H,15,18)(H2,14,19,20). The number of amides is 1. The summed E-state index contributed by atoms with van der Waals surface area (Å²) in [5.41, 5.74) is 0.748. The highest BCUT2D eigenvalue weighted by Crippen LogP contribution is 2.11. The van der Waals surface area contributed by atoms with Crippen LogP contribution >= 0.6 is 0 Å². The van der Waals surface area contributed by atoms with E-state index in [9.17, 15) is 13.2 Å². The number of piperazine rings is 1. The molecule has 3 N–H and O–H groups in total. The predicted molar refractivity (Wildman–Crippen MR) is 80.8 cm³/mol. The van der Waals surface area contributed by atoms with Crippen molar-refractivity contribution < 1.29 is 13.2 Å². The van der Waals surface area contributed by atoms with Crippen molar-refractivity contribution >= 4 is 21.8 Å². The summed E-state index contributed by atoms with van der Waals surface area (Å²) in [5.74, 6) is -0.106. The van der Waals surface area contributed by atoms with E-state index in [4.69, 9.17) is 5.14 Å². The third-order valence-corrected chi connectivity index (χ3v) is 4.69. The van der Waals surface area contributed by atoms with E-state index >= 15 is 0 Å². The highest BCUT2D eigenvalue weighted by molar-refractivity contribution is 7.86. The molecule has 7 nitrogen and oxygen atoms in total. The van der Waals surface area contributed by atoms with Gasteiger partial charge in [0.1, 0.15) is 0 Å². The fraction of sp³-hybridized carbons (Fsp3) is 0.462. The van der Waals surface area contributed by atoms with Crippen LogP contribution in [0.3, 0.4) is 0 Å². The maximum atomic E-state index is 12.2. The third kappa shape index (κ3) is 4.24. The first-order valence-corrected chi connectivity index (χ1v) is 8.26. The molecule has 8 heteroatoms. The van der Waals surface area contributed by atoms with E-state index in [0.717, 1.165) is 5.69 Å². The molecule has 2 rings (SSSR count). The lowest BCUT2D eigenvalue weighted by atomic mass is 10.2. The van der Waals surface area contributed by atoms with Gasteiger partial charge in [0.2, 0.25) is 5.91 Å². The molecule has 1 heterocycles. The van der Waals surface area contributed by atoms with Gasteiger partial charge in [-0.1, -0.05) is 18.2 Å². The number of benzene rings is 1. The van der Waals surface area contributed by atoms with Crippen LogP contribution in [-0.2, 0) is 15.0 Å². The molecule has 21 heavy (non-hydrogen) atoms. The van der Waals surface area contributed by atoms with Crippen LogP contribution in [0.1, 0.15) is 6.92 Å². The van der Waals surface area contributed by atoms with Crippen LogP contribution in [0.4, 0.5) is 5.69 Å². The molecule has 0 aliphatic carbocycles. The molecular formula is C13H20N4O3S. The largest absolute Gasteiger partial charge is 0.325 e. The number of nitrogens with one attached hydrogen (secondary N) is 1. The Labute approximate surface area is 124 Å². The van der Waals surface area contributed by atoms with Gasteiger partial charge in [-0.25, -0.2) is 5.14 Å². The molecule has 1 aromatic carbocycles. The Morgan fingerprint density at radius 2 is 1.76 bits per heavy atom. The number of carbonyl (C=O) groups is 1. The molecule has 1 aromatic rings. The summed E-state index contributed by atoms with van der Waals surface area (Å²) in [6.45, 7) is 3.40. The van der Waals surface area contributed by atoms with Gasteiger partial charge in [0, 0.05) is 31.9 Å². The summed E-state index contributed by atoms with van der Waals surface area (Å²) >= 11 is 0. The topological polar surface area (TPSA) is 95.7 Å². The van der Waals surface area contributed by atoms with E-state index < -0.39 is 10.2 Å². The number of nitrogens with zero attached hydrogens (tertiary/aromatic N) is 2. The number of carbonyl (C=O) groups excluding carboxylic acids is 1. The highest BCUT2D eigenvalue weighted by atomic mass is 32.2. The monoisotopic (exact) mass is 312 g/mol. The summed E-state index contributed by atoms with van der Waals surface area (Å²) in [4.78, 5) is 14.1. The second kappa shape index (κ2) is 6.52. The van der Waals surface area contributed by atoms with Crippen LogP contribution in [0.15, 0.2) is 30.3 Å². The molecule has 1 saturated heterocycles. The van der Waals surface area contributed by atoms with Gasteiger partial charge in [-0.3, -0.25) is 9.69 Å². The van der Waals surface area contributed by atoms with E-state index in [0.29, 0.717) is 26.2 Å². The van der Waals surface area contributed by atoms with Crippen LogP contribution < -0.4 is 10.5 Å². The molecule has 1 fully saturated rings. The summed E-state index contributed by atoms with van der Waals surface area (Å²) in [6.07, 6.45) is 0. The molecule has 1 atom stereocenters. The van der Waals surface area contributed by atoms with Gasteiger partial charge in [-0.15, -0.1) is 0 Å². The number of rotatable bonds is 4. The van der Waals surface area contributed by atoms with Gasteiger partial charge >= 0.3 is 0 Å². The van der Waals surface area contributed by atoms with Crippen molar-refractivity contribution in [1.82, 2.24) is 9.21 Å². The lowest BCUT2D eigenvalue weighted by Gasteiger charge is -2.35. The minimum Gasteiger partial charge on any atom is -0.325 e. The molecular weight excluding hydrogens is 292 g/mol. The van der Waals surface area contributed by atoms with Gasteiger partial charge in [-0.2, -0.15) is 12.7 Å². The second-order valence-electron chi connectivity index (χ2n) is 5.01. The predicted octanol–water partition coefficient (Wildman–Crippen LogP) is -0.165. The van der Waals surface area contributed by atoms with Crippen LogP contribution in [-0.4, -0.2) is 55.8 Å². The number of nitrogens with two attached hydrogens (primary N) is 1. The molecule has 0 aromatic heterocycles. The van der Waals surface area contributed by atoms with Crippen LogP contribution in [0, 0.1) is 0 Å². The van der Waals surface area contributed by atoms with E-state index in [1.165, 1.54) is 4.31 Å². The third-order valence-electron chi connectivity index (χ3n) is 3.60. The Morgan fingerprint density at radius 1 is 1.19 bits per heavy atom. The lowest BCUT2D eigenvalue weighted by molar-refractivity contribution is -0.121. The second-order valence-corrected chi connectivity index (χ2v) is 6.56. The number of para-hydroxylation sites is 1.